The molecule has 27 heavy (non-hydrogen) atoms. The summed E-state index contributed by atoms with van der Waals surface area (Å²) in [5, 5.41) is 2.54. The zero-order chi connectivity index (χ0) is 19.5. The fraction of sp³-hybridized carbons (Fsp3) is 0.409. The van der Waals surface area contributed by atoms with Crippen LogP contribution in [-0.2, 0) is 6.42 Å². The average molecular weight is 372 g/mol. The lowest BCUT2D eigenvalue weighted by Crippen LogP contribution is -2.30. The second-order valence-electron chi connectivity index (χ2n) is 6.84. The highest BCUT2D eigenvalue weighted by molar-refractivity contribution is 5.93. The van der Waals surface area contributed by atoms with E-state index < -0.39 is 0 Å². The molecule has 1 aliphatic heterocycles. The zero-order valence-corrected chi connectivity index (χ0v) is 16.0. The lowest BCUT2D eigenvalue weighted by Gasteiger charge is -2.18. The van der Waals surface area contributed by atoms with Gasteiger partial charge in [-0.05, 0) is 69.1 Å². The minimum absolute atomic E-state index is 0.0411. The van der Waals surface area contributed by atoms with Crippen molar-refractivity contribution in [3.05, 3.63) is 71.5 Å². The van der Waals surface area contributed by atoms with Gasteiger partial charge in [0.2, 0.25) is 0 Å². The lowest BCUT2D eigenvalue weighted by atomic mass is 10.0. The number of amides is 1. The van der Waals surface area contributed by atoms with Gasteiger partial charge in [0.15, 0.2) is 0 Å². The third-order valence-electron chi connectivity index (χ3n) is 4.72. The van der Waals surface area contributed by atoms with Crippen LogP contribution in [0.25, 0.3) is 0 Å². The van der Waals surface area contributed by atoms with Crippen LogP contribution in [0.15, 0.2) is 54.6 Å². The Morgan fingerprint density at radius 2 is 1.74 bits per heavy atom. The highest BCUT2D eigenvalue weighted by atomic mass is 19.1. The number of nitrogens with zero attached hydrogens (tertiary/aromatic N) is 1. The van der Waals surface area contributed by atoms with E-state index in [4.69, 9.17) is 5.73 Å². The van der Waals surface area contributed by atoms with Crippen molar-refractivity contribution in [2.45, 2.75) is 31.7 Å². The molecule has 5 heteroatoms. The van der Waals surface area contributed by atoms with Crippen LogP contribution < -0.4 is 11.1 Å². The number of hydrogen-bond donors (Lipinski definition) is 2. The van der Waals surface area contributed by atoms with Crippen LogP contribution in [-0.4, -0.2) is 43.5 Å². The molecular formula is C22H30FN3O. The number of halogens is 1. The molecule has 3 N–H and O–H groups in total. The Morgan fingerprint density at radius 1 is 1.11 bits per heavy atom. The molecule has 0 spiro atoms. The van der Waals surface area contributed by atoms with Crippen molar-refractivity contribution in [2.75, 3.05) is 26.7 Å². The van der Waals surface area contributed by atoms with Gasteiger partial charge in [-0.2, -0.15) is 0 Å². The summed E-state index contributed by atoms with van der Waals surface area (Å²) in [4.78, 5) is 13.3. The number of nitrogens with two attached hydrogens (primary N) is 1. The van der Waals surface area contributed by atoms with E-state index in [9.17, 15) is 9.18 Å². The van der Waals surface area contributed by atoms with Crippen LogP contribution in [0, 0.1) is 5.82 Å². The maximum atomic E-state index is 13.4. The third-order valence-corrected chi connectivity index (χ3v) is 4.72. The molecule has 1 heterocycles. The first kappa shape index (κ1) is 21.1. The minimum Gasteiger partial charge on any atom is -0.355 e. The van der Waals surface area contributed by atoms with Crippen molar-refractivity contribution in [1.82, 2.24) is 10.2 Å². The van der Waals surface area contributed by atoms with E-state index >= 15 is 0 Å². The van der Waals surface area contributed by atoms with Crippen molar-refractivity contribution in [2.24, 2.45) is 5.73 Å². The average Bonchev–Trinajstić information content (AvgIpc) is 3.22. The fourth-order valence-corrected chi connectivity index (χ4v) is 3.14. The summed E-state index contributed by atoms with van der Waals surface area (Å²) in [6.07, 6.45) is 4.21. The standard InChI is InChI=1S/C14H21FN2.C8H9NO/c15-14-6-2-1-5-12(14)11-13(16)7-10-17-8-3-4-9-17;1-9-8(10)7-5-3-2-4-6-7/h1-2,5-6,13H,3-4,7-11,16H2;2-6H,1H3,(H,9,10)/t13-;/m0./s1. The number of nitrogens with one attached hydrogen (secondary N) is 1. The molecular weight excluding hydrogens is 341 g/mol. The molecule has 4 nitrogen and oxygen atoms in total. The summed E-state index contributed by atoms with van der Waals surface area (Å²) in [6.45, 7) is 3.45. The van der Waals surface area contributed by atoms with Gasteiger partial charge < -0.3 is 16.0 Å². The molecule has 3 rings (SSSR count). The Balaban J connectivity index is 0.000000223. The molecule has 0 unspecified atom stereocenters. The number of carbonyl (C=O) groups excluding carboxylic acids is 1. The fourth-order valence-electron chi connectivity index (χ4n) is 3.14. The number of likely N-dealkylation sites (tertiary alicyclic amines) is 1. The van der Waals surface area contributed by atoms with Gasteiger partial charge in [0, 0.05) is 18.7 Å². The summed E-state index contributed by atoms with van der Waals surface area (Å²) in [7, 11) is 1.62. The summed E-state index contributed by atoms with van der Waals surface area (Å²) in [5.74, 6) is -0.176. The van der Waals surface area contributed by atoms with Crippen molar-refractivity contribution in [1.29, 1.82) is 0 Å². The molecule has 0 aromatic heterocycles. The van der Waals surface area contributed by atoms with Gasteiger partial charge in [-0.25, -0.2) is 4.39 Å². The van der Waals surface area contributed by atoms with Gasteiger partial charge in [-0.15, -0.1) is 0 Å². The number of rotatable bonds is 6. The normalized spacial score (nSPS) is 14.9. The first-order chi connectivity index (χ1) is 13.1. The molecule has 2 aromatic carbocycles. The molecule has 1 amide bonds. The monoisotopic (exact) mass is 371 g/mol. The van der Waals surface area contributed by atoms with Gasteiger partial charge in [0.05, 0.1) is 0 Å². The Kier molecular flexibility index (Phi) is 8.95. The highest BCUT2D eigenvalue weighted by Crippen LogP contribution is 2.12. The molecule has 146 valence electrons. The van der Waals surface area contributed by atoms with Gasteiger partial charge in [0.25, 0.3) is 5.91 Å². The Morgan fingerprint density at radius 3 is 2.37 bits per heavy atom. The van der Waals surface area contributed by atoms with Gasteiger partial charge in [0.1, 0.15) is 5.82 Å². The summed E-state index contributed by atoms with van der Waals surface area (Å²) in [5.41, 5.74) is 7.50. The van der Waals surface area contributed by atoms with Crippen LogP contribution in [0.5, 0.6) is 0 Å². The topological polar surface area (TPSA) is 58.4 Å². The van der Waals surface area contributed by atoms with Crippen LogP contribution in [0.2, 0.25) is 0 Å². The van der Waals surface area contributed by atoms with E-state index in [-0.39, 0.29) is 17.8 Å². The molecule has 1 saturated heterocycles. The Bertz CT molecular complexity index is 687. The Labute approximate surface area is 161 Å². The summed E-state index contributed by atoms with van der Waals surface area (Å²) >= 11 is 0. The van der Waals surface area contributed by atoms with E-state index in [1.54, 1.807) is 25.2 Å². The predicted octanol–water partition coefficient (Wildman–Crippen LogP) is 3.23. The molecule has 1 fully saturated rings. The first-order valence-electron chi connectivity index (χ1n) is 9.58. The number of hydrogen-bond acceptors (Lipinski definition) is 3. The molecule has 0 bridgehead atoms. The summed E-state index contributed by atoms with van der Waals surface area (Å²) < 4.78 is 13.4. The molecule has 0 aliphatic carbocycles. The minimum atomic E-state index is -0.135. The SMILES string of the molecule is CNC(=O)c1ccccc1.N[C@@H](CCN1CCCC1)Cc1ccccc1F. The zero-order valence-electron chi connectivity index (χ0n) is 16.0. The van der Waals surface area contributed by atoms with Crippen LogP contribution in [0.3, 0.4) is 0 Å². The maximum absolute atomic E-state index is 13.4. The van der Waals surface area contributed by atoms with Gasteiger partial charge in [-0.3, -0.25) is 4.79 Å². The second kappa shape index (κ2) is 11.5. The quantitative estimate of drug-likeness (QED) is 0.820. The third kappa shape index (κ3) is 7.49. The van der Waals surface area contributed by atoms with Crippen molar-refractivity contribution < 1.29 is 9.18 Å². The lowest BCUT2D eigenvalue weighted by molar-refractivity contribution is 0.0963. The van der Waals surface area contributed by atoms with E-state index in [0.717, 1.165) is 18.5 Å². The molecule has 2 aromatic rings. The summed E-state index contributed by atoms with van der Waals surface area (Å²) in [6, 6.07) is 16.1. The van der Waals surface area contributed by atoms with E-state index in [2.05, 4.69) is 10.2 Å². The van der Waals surface area contributed by atoms with Crippen LogP contribution >= 0.6 is 0 Å². The van der Waals surface area contributed by atoms with E-state index in [1.165, 1.54) is 32.0 Å². The largest absolute Gasteiger partial charge is 0.355 e. The smallest absolute Gasteiger partial charge is 0.251 e. The predicted molar refractivity (Wildman–Crippen MR) is 108 cm³/mol. The Hall–Kier alpha value is -2.24. The highest BCUT2D eigenvalue weighted by Gasteiger charge is 2.13. The van der Waals surface area contributed by atoms with Gasteiger partial charge >= 0.3 is 0 Å². The molecule has 1 atom stereocenters. The van der Waals surface area contributed by atoms with Crippen LogP contribution in [0.1, 0.15) is 35.2 Å². The van der Waals surface area contributed by atoms with E-state index in [0.29, 0.717) is 12.0 Å². The van der Waals surface area contributed by atoms with Crippen molar-refractivity contribution in [3.63, 3.8) is 0 Å². The van der Waals surface area contributed by atoms with Crippen molar-refractivity contribution in [3.8, 4) is 0 Å². The van der Waals surface area contributed by atoms with Crippen molar-refractivity contribution >= 4 is 5.91 Å². The molecule has 0 radical (unpaired) electrons. The van der Waals surface area contributed by atoms with Gasteiger partial charge in [-0.1, -0.05) is 36.4 Å². The second-order valence-corrected chi connectivity index (χ2v) is 6.84. The van der Waals surface area contributed by atoms with Crippen LogP contribution in [0.4, 0.5) is 4.39 Å². The van der Waals surface area contributed by atoms with E-state index in [1.807, 2.05) is 30.3 Å². The molecule has 1 aliphatic rings. The molecule has 0 saturated carbocycles. The number of carbonyl (C=O) groups is 1. The number of benzene rings is 2. The maximum Gasteiger partial charge on any atom is 0.251 e. The first-order valence-corrected chi connectivity index (χ1v) is 9.58.